The van der Waals surface area contributed by atoms with E-state index in [9.17, 15) is 18.3 Å². The van der Waals surface area contributed by atoms with Crippen LogP contribution in [0.15, 0.2) is 77.7 Å². The summed E-state index contributed by atoms with van der Waals surface area (Å²) in [5.74, 6) is 0.949. The molecule has 0 radical (unpaired) electrons. The first kappa shape index (κ1) is 22.5. The third-order valence-corrected chi connectivity index (χ3v) is 7.35. The van der Waals surface area contributed by atoms with E-state index in [2.05, 4.69) is 11.5 Å². The molecule has 0 bridgehead atoms. The summed E-state index contributed by atoms with van der Waals surface area (Å²) in [5, 5.41) is 9.57. The van der Waals surface area contributed by atoms with Crippen LogP contribution in [-0.4, -0.2) is 40.0 Å². The van der Waals surface area contributed by atoms with Crippen molar-refractivity contribution in [3.8, 4) is 5.69 Å². The van der Waals surface area contributed by atoms with Gasteiger partial charge in [-0.1, -0.05) is 48.9 Å². The van der Waals surface area contributed by atoms with E-state index in [0.717, 1.165) is 40.1 Å². The fraction of sp³-hybridized carbons (Fsp3) is 0.200. The minimum atomic E-state index is -4.14. The Hall–Kier alpha value is -3.65. The zero-order valence-corrected chi connectivity index (χ0v) is 19.3. The first-order chi connectivity index (χ1) is 15.8. The standard InChI is InChI=1S/C25H25N3O4S/c1-3-24-26-22-6-4-5-7-23(22)28(24)20-12-10-19(11-13-20)16-17-27(25(29)30)33(31,32)21-14-8-18(2)9-15-21/h4-15H,3,16-17H2,1-2H3,(H,29,30). The predicted octanol–water partition coefficient (Wildman–Crippen LogP) is 4.81. The van der Waals surface area contributed by atoms with Gasteiger partial charge in [0.15, 0.2) is 0 Å². The number of fused-ring (bicyclic) bond motifs is 1. The molecule has 0 unspecified atom stereocenters. The van der Waals surface area contributed by atoms with Crippen LogP contribution in [0.4, 0.5) is 4.79 Å². The Kier molecular flexibility index (Phi) is 6.20. The minimum absolute atomic E-state index is 0.0371. The van der Waals surface area contributed by atoms with Crippen LogP contribution in [0, 0.1) is 6.92 Å². The van der Waals surface area contributed by atoms with Crippen LogP contribution in [0.3, 0.4) is 0 Å². The summed E-state index contributed by atoms with van der Waals surface area (Å²) in [4.78, 5) is 16.4. The van der Waals surface area contributed by atoms with Crippen molar-refractivity contribution in [2.45, 2.75) is 31.6 Å². The number of imidazole rings is 1. The fourth-order valence-electron chi connectivity index (χ4n) is 3.80. The Morgan fingerprint density at radius 1 is 1.00 bits per heavy atom. The van der Waals surface area contributed by atoms with Crippen molar-refractivity contribution in [1.29, 1.82) is 0 Å². The van der Waals surface area contributed by atoms with Gasteiger partial charge in [0.2, 0.25) is 0 Å². The van der Waals surface area contributed by atoms with Crippen molar-refractivity contribution >= 4 is 27.1 Å². The second kappa shape index (κ2) is 9.07. The number of rotatable bonds is 7. The maximum absolute atomic E-state index is 12.8. The first-order valence-electron chi connectivity index (χ1n) is 10.7. The van der Waals surface area contributed by atoms with E-state index < -0.39 is 16.1 Å². The Balaban J connectivity index is 1.56. The van der Waals surface area contributed by atoms with Crippen LogP contribution in [-0.2, 0) is 22.9 Å². The smallest absolute Gasteiger partial charge is 0.421 e. The maximum Gasteiger partial charge on any atom is 0.421 e. The molecule has 3 aromatic carbocycles. The average molecular weight is 464 g/mol. The number of hydrogen-bond donors (Lipinski definition) is 1. The zero-order chi connectivity index (χ0) is 23.6. The molecule has 4 rings (SSSR count). The van der Waals surface area contributed by atoms with E-state index in [1.807, 2.05) is 55.5 Å². The van der Waals surface area contributed by atoms with Gasteiger partial charge in [-0.3, -0.25) is 4.57 Å². The molecule has 0 aliphatic carbocycles. The number of aryl methyl sites for hydroxylation is 2. The molecule has 1 N–H and O–H groups in total. The SMILES string of the molecule is CCc1nc2ccccc2n1-c1ccc(CCN(C(=O)O)S(=O)(=O)c2ccc(C)cc2)cc1. The van der Waals surface area contributed by atoms with Crippen molar-refractivity contribution in [3.05, 3.63) is 89.7 Å². The lowest BCUT2D eigenvalue weighted by Crippen LogP contribution is -2.37. The molecular weight excluding hydrogens is 438 g/mol. The van der Waals surface area contributed by atoms with Gasteiger partial charge in [-0.05, 0) is 55.3 Å². The topological polar surface area (TPSA) is 92.5 Å². The third-order valence-electron chi connectivity index (χ3n) is 5.57. The molecule has 1 amide bonds. The molecule has 8 heteroatoms. The van der Waals surface area contributed by atoms with Crippen LogP contribution in [0.2, 0.25) is 0 Å². The van der Waals surface area contributed by atoms with Crippen molar-refractivity contribution in [1.82, 2.24) is 13.9 Å². The van der Waals surface area contributed by atoms with E-state index in [1.54, 1.807) is 12.1 Å². The molecule has 4 aromatic rings. The van der Waals surface area contributed by atoms with Gasteiger partial charge in [0.05, 0.1) is 15.9 Å². The molecular formula is C25H25N3O4S. The highest BCUT2D eigenvalue weighted by molar-refractivity contribution is 7.89. The highest BCUT2D eigenvalue weighted by atomic mass is 32.2. The zero-order valence-electron chi connectivity index (χ0n) is 18.5. The van der Waals surface area contributed by atoms with Crippen molar-refractivity contribution in [3.63, 3.8) is 0 Å². The lowest BCUT2D eigenvalue weighted by Gasteiger charge is -2.19. The first-order valence-corrected chi connectivity index (χ1v) is 12.1. The molecule has 7 nitrogen and oxygen atoms in total. The molecule has 0 saturated heterocycles. The fourth-order valence-corrected chi connectivity index (χ4v) is 5.07. The van der Waals surface area contributed by atoms with Crippen molar-refractivity contribution in [2.75, 3.05) is 6.54 Å². The second-order valence-electron chi connectivity index (χ2n) is 7.79. The van der Waals surface area contributed by atoms with Crippen LogP contribution in [0.5, 0.6) is 0 Å². The quantitative estimate of drug-likeness (QED) is 0.425. The second-order valence-corrected chi connectivity index (χ2v) is 9.66. The molecule has 1 heterocycles. The summed E-state index contributed by atoms with van der Waals surface area (Å²) in [6.45, 7) is 3.73. The molecule has 0 fully saturated rings. The van der Waals surface area contributed by atoms with Gasteiger partial charge in [0, 0.05) is 18.7 Å². The number of aromatic nitrogens is 2. The highest BCUT2D eigenvalue weighted by Crippen LogP contribution is 2.23. The molecule has 0 saturated carbocycles. The van der Waals surface area contributed by atoms with Crippen LogP contribution >= 0.6 is 0 Å². The monoisotopic (exact) mass is 463 g/mol. The van der Waals surface area contributed by atoms with Crippen molar-refractivity contribution < 1.29 is 18.3 Å². The number of nitrogens with zero attached hydrogens (tertiary/aromatic N) is 3. The molecule has 0 aliphatic heterocycles. The molecule has 1 aromatic heterocycles. The Labute approximate surface area is 193 Å². The molecule has 0 atom stereocenters. The van der Waals surface area contributed by atoms with Gasteiger partial charge < -0.3 is 5.11 Å². The predicted molar refractivity (Wildman–Crippen MR) is 127 cm³/mol. The molecule has 33 heavy (non-hydrogen) atoms. The Morgan fingerprint density at radius 3 is 2.30 bits per heavy atom. The number of benzene rings is 3. The van der Waals surface area contributed by atoms with Crippen LogP contribution in [0.1, 0.15) is 23.9 Å². The van der Waals surface area contributed by atoms with Gasteiger partial charge >= 0.3 is 6.09 Å². The van der Waals surface area contributed by atoms with Crippen molar-refractivity contribution in [2.24, 2.45) is 0 Å². The van der Waals surface area contributed by atoms with Crippen LogP contribution < -0.4 is 0 Å². The minimum Gasteiger partial charge on any atom is -0.464 e. The molecule has 170 valence electrons. The summed E-state index contributed by atoms with van der Waals surface area (Å²) in [7, 11) is -4.14. The number of para-hydroxylation sites is 2. The maximum atomic E-state index is 12.8. The largest absolute Gasteiger partial charge is 0.464 e. The summed E-state index contributed by atoms with van der Waals surface area (Å²) in [6, 6.07) is 21.8. The van der Waals surface area contributed by atoms with Gasteiger partial charge in [-0.25, -0.2) is 22.5 Å². The van der Waals surface area contributed by atoms with E-state index >= 15 is 0 Å². The lowest BCUT2D eigenvalue weighted by atomic mass is 10.1. The number of carbonyl (C=O) groups is 1. The number of sulfonamides is 1. The summed E-state index contributed by atoms with van der Waals surface area (Å²) < 4.78 is 28.3. The van der Waals surface area contributed by atoms with E-state index in [-0.39, 0.29) is 17.9 Å². The number of amides is 1. The average Bonchev–Trinajstić information content (AvgIpc) is 3.18. The Bertz CT molecular complexity index is 1390. The molecule has 0 spiro atoms. The van der Waals surface area contributed by atoms with Gasteiger partial charge in [-0.2, -0.15) is 0 Å². The van der Waals surface area contributed by atoms with Gasteiger partial charge in [0.25, 0.3) is 10.0 Å². The summed E-state index contributed by atoms with van der Waals surface area (Å²) >= 11 is 0. The van der Waals surface area contributed by atoms with Crippen LogP contribution in [0.25, 0.3) is 16.7 Å². The third kappa shape index (κ3) is 4.47. The Morgan fingerprint density at radius 2 is 1.67 bits per heavy atom. The molecule has 0 aliphatic rings. The van der Waals surface area contributed by atoms with E-state index in [0.29, 0.717) is 4.31 Å². The van der Waals surface area contributed by atoms with E-state index in [1.165, 1.54) is 12.1 Å². The summed E-state index contributed by atoms with van der Waals surface area (Å²) in [6.07, 6.45) is -0.450. The lowest BCUT2D eigenvalue weighted by molar-refractivity contribution is 0.172. The highest BCUT2D eigenvalue weighted by Gasteiger charge is 2.28. The number of carboxylic acid groups (broad SMARTS) is 1. The van der Waals surface area contributed by atoms with Gasteiger partial charge in [-0.15, -0.1) is 0 Å². The summed E-state index contributed by atoms with van der Waals surface area (Å²) in [5.41, 5.74) is 4.63. The number of hydrogen-bond acceptors (Lipinski definition) is 4. The normalized spacial score (nSPS) is 11.6. The van der Waals surface area contributed by atoms with Gasteiger partial charge in [0.1, 0.15) is 5.82 Å². The van der Waals surface area contributed by atoms with E-state index in [4.69, 9.17) is 4.98 Å².